The third-order valence-corrected chi connectivity index (χ3v) is 4.92. The van der Waals surface area contributed by atoms with Crippen LogP contribution < -0.4 is 20.1 Å². The van der Waals surface area contributed by atoms with Crippen LogP contribution in [0.4, 0.5) is 0 Å². The van der Waals surface area contributed by atoms with Crippen molar-refractivity contribution in [2.24, 2.45) is 0 Å². The SMILES string of the molecule is CC(NC(=O)C1COc2ccccc2O1)C(=O)NCCc1c[nH]c2ccccc12. The van der Waals surface area contributed by atoms with Gasteiger partial charge in [-0.25, -0.2) is 0 Å². The number of nitrogens with one attached hydrogen (secondary N) is 3. The molecule has 3 N–H and O–H groups in total. The number of aromatic amines is 1. The summed E-state index contributed by atoms with van der Waals surface area (Å²) in [6.45, 7) is 2.24. The van der Waals surface area contributed by atoms with Gasteiger partial charge in [0.2, 0.25) is 12.0 Å². The van der Waals surface area contributed by atoms with Gasteiger partial charge >= 0.3 is 0 Å². The lowest BCUT2D eigenvalue weighted by atomic mass is 10.1. The number of amides is 2. The highest BCUT2D eigenvalue weighted by Crippen LogP contribution is 2.30. The van der Waals surface area contributed by atoms with E-state index >= 15 is 0 Å². The lowest BCUT2D eigenvalue weighted by Crippen LogP contribution is -2.51. The lowest BCUT2D eigenvalue weighted by molar-refractivity contribution is -0.134. The van der Waals surface area contributed by atoms with Gasteiger partial charge in [-0.3, -0.25) is 9.59 Å². The van der Waals surface area contributed by atoms with E-state index in [0.29, 0.717) is 24.5 Å². The van der Waals surface area contributed by atoms with E-state index in [2.05, 4.69) is 21.7 Å². The van der Waals surface area contributed by atoms with Gasteiger partial charge in [0.25, 0.3) is 5.91 Å². The lowest BCUT2D eigenvalue weighted by Gasteiger charge is -2.26. The molecule has 3 aromatic rings. The summed E-state index contributed by atoms with van der Waals surface area (Å²) in [5.41, 5.74) is 2.22. The number of H-pyrrole nitrogens is 1. The van der Waals surface area contributed by atoms with Gasteiger partial charge in [-0.2, -0.15) is 0 Å². The Morgan fingerprint density at radius 3 is 2.76 bits per heavy atom. The Morgan fingerprint density at radius 1 is 1.14 bits per heavy atom. The highest BCUT2D eigenvalue weighted by molar-refractivity contribution is 5.89. The van der Waals surface area contributed by atoms with Gasteiger partial charge in [0.1, 0.15) is 12.6 Å². The molecule has 29 heavy (non-hydrogen) atoms. The first-order chi connectivity index (χ1) is 14.1. The molecular formula is C22H23N3O4. The molecule has 2 heterocycles. The average Bonchev–Trinajstić information content (AvgIpc) is 3.16. The normalized spacial score (nSPS) is 16.2. The van der Waals surface area contributed by atoms with Crippen molar-refractivity contribution in [3.8, 4) is 11.5 Å². The van der Waals surface area contributed by atoms with E-state index in [9.17, 15) is 9.59 Å². The average molecular weight is 393 g/mol. The van der Waals surface area contributed by atoms with Gasteiger partial charge in [0.15, 0.2) is 11.5 Å². The van der Waals surface area contributed by atoms with Gasteiger partial charge in [-0.15, -0.1) is 0 Å². The predicted octanol–water partition coefficient (Wildman–Crippen LogP) is 2.17. The van der Waals surface area contributed by atoms with E-state index in [4.69, 9.17) is 9.47 Å². The van der Waals surface area contributed by atoms with Crippen molar-refractivity contribution in [1.29, 1.82) is 0 Å². The Morgan fingerprint density at radius 2 is 1.90 bits per heavy atom. The minimum Gasteiger partial charge on any atom is -0.485 e. The van der Waals surface area contributed by atoms with Crippen LogP contribution in [-0.2, 0) is 16.0 Å². The molecule has 7 heteroatoms. The maximum absolute atomic E-state index is 12.4. The molecule has 1 aromatic heterocycles. The Balaban J connectivity index is 1.26. The molecule has 2 aromatic carbocycles. The minimum absolute atomic E-state index is 0.109. The van der Waals surface area contributed by atoms with E-state index in [1.165, 1.54) is 0 Å². The number of hydrogen-bond acceptors (Lipinski definition) is 4. The van der Waals surface area contributed by atoms with E-state index in [-0.39, 0.29) is 18.4 Å². The summed E-state index contributed by atoms with van der Waals surface area (Å²) in [6, 6.07) is 14.5. The molecule has 0 fully saturated rings. The first-order valence-corrected chi connectivity index (χ1v) is 9.63. The summed E-state index contributed by atoms with van der Waals surface area (Å²) in [6.07, 6.45) is 1.87. The summed E-state index contributed by atoms with van der Waals surface area (Å²) in [5, 5.41) is 6.71. The van der Waals surface area contributed by atoms with E-state index in [1.807, 2.05) is 36.5 Å². The summed E-state index contributed by atoms with van der Waals surface area (Å²) < 4.78 is 11.2. The highest BCUT2D eigenvalue weighted by Gasteiger charge is 2.29. The fourth-order valence-corrected chi connectivity index (χ4v) is 3.33. The number of para-hydroxylation sites is 3. The Kier molecular flexibility index (Phi) is 5.37. The molecule has 2 unspecified atom stereocenters. The second-order valence-corrected chi connectivity index (χ2v) is 7.00. The molecule has 0 radical (unpaired) electrons. The van der Waals surface area contributed by atoms with Crippen LogP contribution in [0, 0.1) is 0 Å². The Labute approximate surface area is 168 Å². The van der Waals surface area contributed by atoms with Crippen LogP contribution >= 0.6 is 0 Å². The van der Waals surface area contributed by atoms with Crippen molar-refractivity contribution in [2.45, 2.75) is 25.5 Å². The second kappa shape index (κ2) is 8.26. The van der Waals surface area contributed by atoms with Crippen molar-refractivity contribution < 1.29 is 19.1 Å². The number of rotatable bonds is 6. The van der Waals surface area contributed by atoms with Crippen LogP contribution in [0.3, 0.4) is 0 Å². The van der Waals surface area contributed by atoms with Gasteiger partial charge in [-0.1, -0.05) is 30.3 Å². The quantitative estimate of drug-likeness (QED) is 0.599. The third kappa shape index (κ3) is 4.18. The van der Waals surface area contributed by atoms with Gasteiger partial charge in [0.05, 0.1) is 0 Å². The van der Waals surface area contributed by atoms with Crippen molar-refractivity contribution in [1.82, 2.24) is 15.6 Å². The maximum Gasteiger partial charge on any atom is 0.265 e. The number of benzene rings is 2. The smallest absolute Gasteiger partial charge is 0.265 e. The molecule has 2 atom stereocenters. The first kappa shape index (κ1) is 18.9. The summed E-state index contributed by atoms with van der Waals surface area (Å²) >= 11 is 0. The van der Waals surface area contributed by atoms with Gasteiger partial charge < -0.3 is 25.1 Å². The van der Waals surface area contributed by atoms with E-state index in [0.717, 1.165) is 16.5 Å². The Bertz CT molecular complexity index is 1030. The van der Waals surface area contributed by atoms with Crippen LogP contribution in [0.15, 0.2) is 54.7 Å². The number of carbonyl (C=O) groups is 2. The summed E-state index contributed by atoms with van der Waals surface area (Å²) in [7, 11) is 0. The van der Waals surface area contributed by atoms with Crippen molar-refractivity contribution in [3.63, 3.8) is 0 Å². The highest BCUT2D eigenvalue weighted by atomic mass is 16.6. The van der Waals surface area contributed by atoms with Crippen LogP contribution in [0.5, 0.6) is 11.5 Å². The number of fused-ring (bicyclic) bond motifs is 2. The molecule has 0 bridgehead atoms. The molecular weight excluding hydrogens is 370 g/mol. The summed E-state index contributed by atoms with van der Waals surface area (Å²) in [5.74, 6) is 0.517. The zero-order valence-corrected chi connectivity index (χ0v) is 16.1. The monoisotopic (exact) mass is 393 g/mol. The zero-order chi connectivity index (χ0) is 20.2. The predicted molar refractivity (Wildman–Crippen MR) is 109 cm³/mol. The van der Waals surface area contributed by atoms with Crippen molar-refractivity contribution in [3.05, 3.63) is 60.3 Å². The minimum atomic E-state index is -0.786. The van der Waals surface area contributed by atoms with Crippen molar-refractivity contribution in [2.75, 3.05) is 13.2 Å². The second-order valence-electron chi connectivity index (χ2n) is 7.00. The molecule has 0 saturated heterocycles. The molecule has 150 valence electrons. The van der Waals surface area contributed by atoms with E-state index in [1.54, 1.807) is 19.1 Å². The summed E-state index contributed by atoms with van der Waals surface area (Å²) in [4.78, 5) is 28.0. The number of carbonyl (C=O) groups excluding carboxylic acids is 2. The molecule has 1 aliphatic heterocycles. The molecule has 2 amide bonds. The largest absolute Gasteiger partial charge is 0.485 e. The van der Waals surface area contributed by atoms with Gasteiger partial charge in [0, 0.05) is 23.6 Å². The Hall–Kier alpha value is -3.48. The molecule has 0 saturated carbocycles. The first-order valence-electron chi connectivity index (χ1n) is 9.63. The molecule has 4 rings (SSSR count). The van der Waals surface area contributed by atoms with Crippen LogP contribution in [-0.4, -0.2) is 42.1 Å². The van der Waals surface area contributed by atoms with Crippen LogP contribution in [0.1, 0.15) is 12.5 Å². The third-order valence-electron chi connectivity index (χ3n) is 4.92. The standard InChI is InChI=1S/C22H23N3O4/c1-14(25-22(27)20-13-28-18-8-4-5-9-19(18)29-20)21(26)23-11-10-15-12-24-17-7-3-2-6-16(15)17/h2-9,12,14,20,24H,10-11,13H2,1H3,(H,23,26)(H,25,27). The topological polar surface area (TPSA) is 92.4 Å². The number of aromatic nitrogens is 1. The zero-order valence-electron chi connectivity index (χ0n) is 16.1. The molecule has 0 spiro atoms. The van der Waals surface area contributed by atoms with Crippen LogP contribution in [0.25, 0.3) is 10.9 Å². The number of hydrogen-bond donors (Lipinski definition) is 3. The fourth-order valence-electron chi connectivity index (χ4n) is 3.33. The maximum atomic E-state index is 12.4. The van der Waals surface area contributed by atoms with Crippen molar-refractivity contribution >= 4 is 22.7 Å². The molecule has 0 aliphatic carbocycles. The van der Waals surface area contributed by atoms with Gasteiger partial charge in [-0.05, 0) is 37.1 Å². The molecule has 1 aliphatic rings. The fraction of sp³-hybridized carbons (Fsp3) is 0.273. The van der Waals surface area contributed by atoms with E-state index < -0.39 is 12.1 Å². The number of ether oxygens (including phenoxy) is 2. The van der Waals surface area contributed by atoms with Crippen LogP contribution in [0.2, 0.25) is 0 Å². The molecule has 7 nitrogen and oxygen atoms in total.